The van der Waals surface area contributed by atoms with Crippen molar-refractivity contribution in [3.8, 4) is 0 Å². The Balaban J connectivity index is 1.70. The number of fused-ring (bicyclic) bond motifs is 1. The van der Waals surface area contributed by atoms with Gasteiger partial charge in [0.15, 0.2) is 0 Å². The molecule has 4 nitrogen and oxygen atoms in total. The minimum Gasteiger partial charge on any atom is -0.444 e. The smallest absolute Gasteiger partial charge is 0.414 e. The Bertz CT molecular complexity index is 811. The third-order valence-corrected chi connectivity index (χ3v) is 4.00. The molecule has 1 aromatic heterocycles. The lowest BCUT2D eigenvalue weighted by Gasteiger charge is -2.05. The molecule has 22 heavy (non-hydrogen) atoms. The van der Waals surface area contributed by atoms with Crippen molar-refractivity contribution in [3.63, 3.8) is 0 Å². The Hall–Kier alpha value is -2.27. The first-order valence-corrected chi connectivity index (χ1v) is 7.59. The molecule has 112 valence electrons. The van der Waals surface area contributed by atoms with E-state index in [9.17, 15) is 4.79 Å². The van der Waals surface area contributed by atoms with E-state index < -0.39 is 6.09 Å². The largest absolute Gasteiger partial charge is 0.444 e. The van der Waals surface area contributed by atoms with Crippen LogP contribution in [0, 0.1) is 6.92 Å². The molecule has 3 aromatic rings. The topological polar surface area (TPSA) is 51.5 Å². The van der Waals surface area contributed by atoms with Crippen molar-refractivity contribution < 1.29 is 13.9 Å². The predicted molar refractivity (Wildman–Crippen MR) is 88.9 cm³/mol. The lowest BCUT2D eigenvalue weighted by Crippen LogP contribution is -2.13. The summed E-state index contributed by atoms with van der Waals surface area (Å²) < 4.78 is 11.5. The van der Waals surface area contributed by atoms with E-state index in [4.69, 9.17) is 9.15 Å². The van der Waals surface area contributed by atoms with Crippen LogP contribution < -0.4 is 5.32 Å². The standard InChI is InChI=1S/C17H14BrNO3/c1-11-7-8-14-13(9-11)15(18)16(22-14)19-17(20)21-10-12-5-3-2-4-6-12/h2-9H,10H2,1H3,(H,19,20). The van der Waals surface area contributed by atoms with E-state index in [0.29, 0.717) is 15.9 Å². The molecular weight excluding hydrogens is 346 g/mol. The second kappa shape index (κ2) is 6.23. The highest BCUT2D eigenvalue weighted by Crippen LogP contribution is 2.35. The number of carbonyl (C=O) groups is 1. The molecule has 1 heterocycles. The van der Waals surface area contributed by atoms with Crippen LogP contribution in [-0.2, 0) is 11.3 Å². The third-order valence-electron chi connectivity index (χ3n) is 3.21. The third kappa shape index (κ3) is 3.14. The van der Waals surface area contributed by atoms with Crippen LogP contribution in [0.2, 0.25) is 0 Å². The maximum absolute atomic E-state index is 11.9. The molecule has 0 spiro atoms. The van der Waals surface area contributed by atoms with Crippen LogP contribution in [0.4, 0.5) is 10.7 Å². The van der Waals surface area contributed by atoms with E-state index in [2.05, 4.69) is 21.2 Å². The van der Waals surface area contributed by atoms with Crippen molar-refractivity contribution in [1.29, 1.82) is 0 Å². The molecule has 0 radical (unpaired) electrons. The summed E-state index contributed by atoms with van der Waals surface area (Å²) in [6.45, 7) is 2.21. The second-order valence-corrected chi connectivity index (χ2v) is 5.72. The van der Waals surface area contributed by atoms with Crippen LogP contribution in [-0.4, -0.2) is 6.09 Å². The molecule has 0 atom stereocenters. The van der Waals surface area contributed by atoms with Crippen LogP contribution in [0.1, 0.15) is 11.1 Å². The van der Waals surface area contributed by atoms with Crippen LogP contribution in [0.3, 0.4) is 0 Å². The summed E-state index contributed by atoms with van der Waals surface area (Å²) in [4.78, 5) is 11.9. The van der Waals surface area contributed by atoms with Gasteiger partial charge in [-0.05, 0) is 40.5 Å². The number of benzene rings is 2. The quantitative estimate of drug-likeness (QED) is 0.694. The summed E-state index contributed by atoms with van der Waals surface area (Å²) in [6, 6.07) is 15.3. The van der Waals surface area contributed by atoms with E-state index in [1.807, 2.05) is 55.5 Å². The lowest BCUT2D eigenvalue weighted by atomic mass is 10.2. The van der Waals surface area contributed by atoms with Gasteiger partial charge in [-0.15, -0.1) is 0 Å². The van der Waals surface area contributed by atoms with Crippen molar-refractivity contribution in [2.45, 2.75) is 13.5 Å². The molecule has 1 N–H and O–H groups in total. The number of nitrogens with one attached hydrogen (secondary N) is 1. The lowest BCUT2D eigenvalue weighted by molar-refractivity contribution is 0.154. The van der Waals surface area contributed by atoms with Crippen molar-refractivity contribution >= 4 is 38.9 Å². The first-order valence-electron chi connectivity index (χ1n) is 6.80. The molecule has 0 saturated carbocycles. The zero-order chi connectivity index (χ0) is 15.5. The molecule has 0 aliphatic rings. The van der Waals surface area contributed by atoms with Crippen LogP contribution in [0.15, 0.2) is 57.4 Å². The van der Waals surface area contributed by atoms with Gasteiger partial charge in [-0.2, -0.15) is 0 Å². The monoisotopic (exact) mass is 359 g/mol. The Labute approximate surface area is 136 Å². The summed E-state index contributed by atoms with van der Waals surface area (Å²) in [7, 11) is 0. The molecular formula is C17H14BrNO3. The number of hydrogen-bond acceptors (Lipinski definition) is 3. The number of amides is 1. The fourth-order valence-corrected chi connectivity index (χ4v) is 2.60. The zero-order valence-corrected chi connectivity index (χ0v) is 13.5. The number of rotatable bonds is 3. The number of carbonyl (C=O) groups excluding carboxylic acids is 1. The zero-order valence-electron chi connectivity index (χ0n) is 11.9. The Morgan fingerprint density at radius 3 is 2.77 bits per heavy atom. The van der Waals surface area contributed by atoms with E-state index in [1.54, 1.807) is 0 Å². The maximum Gasteiger partial charge on any atom is 0.414 e. The van der Waals surface area contributed by atoms with Gasteiger partial charge in [0.2, 0.25) is 5.88 Å². The summed E-state index contributed by atoms with van der Waals surface area (Å²) in [6.07, 6.45) is -0.555. The van der Waals surface area contributed by atoms with Gasteiger partial charge in [-0.1, -0.05) is 42.0 Å². The predicted octanol–water partition coefficient (Wildman–Crippen LogP) is 5.25. The van der Waals surface area contributed by atoms with E-state index in [1.165, 1.54) is 0 Å². The van der Waals surface area contributed by atoms with Gasteiger partial charge in [0.1, 0.15) is 12.2 Å². The number of anilines is 1. The highest BCUT2D eigenvalue weighted by atomic mass is 79.9. The first-order chi connectivity index (χ1) is 10.6. The van der Waals surface area contributed by atoms with Gasteiger partial charge in [-0.25, -0.2) is 4.79 Å². The van der Waals surface area contributed by atoms with Crippen LogP contribution >= 0.6 is 15.9 Å². The molecule has 5 heteroatoms. The minimum absolute atomic E-state index is 0.212. The average molecular weight is 360 g/mol. The van der Waals surface area contributed by atoms with Gasteiger partial charge in [0, 0.05) is 5.39 Å². The second-order valence-electron chi connectivity index (χ2n) is 4.93. The fourth-order valence-electron chi connectivity index (χ4n) is 2.11. The number of ether oxygens (including phenoxy) is 1. The SMILES string of the molecule is Cc1ccc2oc(NC(=O)OCc3ccccc3)c(Br)c2c1. The number of aryl methyl sites for hydroxylation is 1. The summed E-state index contributed by atoms with van der Waals surface area (Å²) >= 11 is 3.45. The van der Waals surface area contributed by atoms with Gasteiger partial charge < -0.3 is 9.15 Å². The molecule has 0 aliphatic carbocycles. The van der Waals surface area contributed by atoms with Crippen molar-refractivity contribution in [1.82, 2.24) is 0 Å². The van der Waals surface area contributed by atoms with Gasteiger partial charge in [-0.3, -0.25) is 5.32 Å². The number of hydrogen-bond donors (Lipinski definition) is 1. The summed E-state index contributed by atoms with van der Waals surface area (Å²) in [5, 5.41) is 3.53. The first kappa shape index (κ1) is 14.7. The maximum atomic E-state index is 11.9. The van der Waals surface area contributed by atoms with E-state index in [-0.39, 0.29) is 6.61 Å². The summed E-state index contributed by atoms with van der Waals surface area (Å²) in [5.74, 6) is 0.346. The molecule has 0 unspecified atom stereocenters. The van der Waals surface area contributed by atoms with Gasteiger partial charge >= 0.3 is 6.09 Å². The van der Waals surface area contributed by atoms with E-state index >= 15 is 0 Å². The normalized spacial score (nSPS) is 10.6. The molecule has 0 bridgehead atoms. The van der Waals surface area contributed by atoms with Crippen molar-refractivity contribution in [2.75, 3.05) is 5.32 Å². The Morgan fingerprint density at radius 1 is 1.23 bits per heavy atom. The summed E-state index contributed by atoms with van der Waals surface area (Å²) in [5.41, 5.74) is 2.75. The number of furan rings is 1. The molecule has 1 amide bonds. The van der Waals surface area contributed by atoms with Gasteiger partial charge in [0.05, 0.1) is 4.47 Å². The Kier molecular flexibility index (Phi) is 4.15. The fraction of sp³-hybridized carbons (Fsp3) is 0.118. The molecule has 0 fully saturated rings. The van der Waals surface area contributed by atoms with Crippen LogP contribution in [0.5, 0.6) is 0 Å². The highest BCUT2D eigenvalue weighted by Gasteiger charge is 2.15. The van der Waals surface area contributed by atoms with Crippen LogP contribution in [0.25, 0.3) is 11.0 Å². The van der Waals surface area contributed by atoms with Gasteiger partial charge in [0.25, 0.3) is 0 Å². The highest BCUT2D eigenvalue weighted by molar-refractivity contribution is 9.10. The molecule has 0 saturated heterocycles. The minimum atomic E-state index is -0.555. The van der Waals surface area contributed by atoms with Crippen molar-refractivity contribution in [2.24, 2.45) is 0 Å². The molecule has 3 rings (SSSR count). The van der Waals surface area contributed by atoms with E-state index in [0.717, 1.165) is 16.5 Å². The number of halogens is 1. The Morgan fingerprint density at radius 2 is 2.00 bits per heavy atom. The van der Waals surface area contributed by atoms with Crippen molar-refractivity contribution in [3.05, 3.63) is 64.1 Å². The molecule has 0 aliphatic heterocycles. The molecule has 2 aromatic carbocycles. The average Bonchev–Trinajstić information content (AvgIpc) is 2.82.